The Morgan fingerprint density at radius 1 is 0.390 bits per heavy atom. The third-order valence-electron chi connectivity index (χ3n) is 6.38. The number of hydrogen-bond acceptors (Lipinski definition) is 4. The average molecular weight is 661 g/mol. The Kier molecular flexibility index (Phi) is 10.1. The van der Waals surface area contributed by atoms with Gasteiger partial charge in [-0.2, -0.15) is 0 Å². The van der Waals surface area contributed by atoms with E-state index >= 15 is 0 Å². The Morgan fingerprint density at radius 3 is 1.15 bits per heavy atom. The summed E-state index contributed by atoms with van der Waals surface area (Å²) in [7, 11) is 9.71. The molecule has 0 unspecified atom stereocenters. The fraction of sp³-hybridized carbons (Fsp3) is 0. The van der Waals surface area contributed by atoms with Gasteiger partial charge in [0.15, 0.2) is 0 Å². The van der Waals surface area contributed by atoms with Crippen molar-refractivity contribution >= 4 is 41.2 Å². The molecule has 0 saturated heterocycles. The summed E-state index contributed by atoms with van der Waals surface area (Å²) in [5.41, 5.74) is 8.48. The van der Waals surface area contributed by atoms with Crippen LogP contribution < -0.4 is 0 Å². The summed E-state index contributed by atoms with van der Waals surface area (Å²) in [6, 6.07) is 40.9. The molecule has 4 aromatic heterocycles. The van der Waals surface area contributed by atoms with Crippen LogP contribution in [-0.2, 0) is 15.1 Å². The van der Waals surface area contributed by atoms with E-state index in [9.17, 15) is 0 Å². The zero-order valence-electron chi connectivity index (χ0n) is 21.8. The second-order valence-corrected chi connectivity index (χ2v) is 11.4. The summed E-state index contributed by atoms with van der Waals surface area (Å²) in [6.07, 6.45) is 7.29. The van der Waals surface area contributed by atoms with Gasteiger partial charge in [-0.25, -0.2) is 0 Å². The van der Waals surface area contributed by atoms with Crippen molar-refractivity contribution < 1.29 is 15.1 Å². The molecule has 7 heteroatoms. The Bertz CT molecular complexity index is 1690. The van der Waals surface area contributed by atoms with Crippen LogP contribution in [-0.4, -0.2) is 19.9 Å². The van der Waals surface area contributed by atoms with Crippen molar-refractivity contribution in [3.05, 3.63) is 146 Å². The van der Waals surface area contributed by atoms with Crippen LogP contribution in [0.25, 0.3) is 55.4 Å². The minimum atomic E-state index is -0.346. The fourth-order valence-electron chi connectivity index (χ4n) is 4.60. The molecule has 4 nitrogen and oxygen atoms in total. The number of aromatic nitrogens is 4. The maximum absolute atomic E-state index is 4.85. The van der Waals surface area contributed by atoms with E-state index in [0.717, 1.165) is 33.2 Å². The molecule has 7 aromatic rings. The molecule has 0 radical (unpaired) electrons. The van der Waals surface area contributed by atoms with E-state index in [0.29, 0.717) is 0 Å². The van der Waals surface area contributed by atoms with Crippen molar-refractivity contribution in [1.82, 2.24) is 19.9 Å². The standard InChI is InChI=1S/C24H16N2.C10H8N2.2ClH.Ru/c1-3-7-17(8-4-1)19-13-15-25-23-21(19)11-12-22-20(14-16-26-24(22)23)18-9-5-2-6-10-18;1-3-7-11-9(5-1)10-6-2-4-8-12-10;;;/h1-16H;1-8H;2*1H;/q;;;;+2/p-2. The molecule has 3 aromatic carbocycles. The van der Waals surface area contributed by atoms with Crippen molar-refractivity contribution in [2.24, 2.45) is 0 Å². The molecule has 0 aliphatic carbocycles. The first-order valence-corrected chi connectivity index (χ1v) is 17.2. The molecule has 4 heterocycles. The largest absolute Gasteiger partial charge is 0.255 e. The molecular formula is C34H24Cl2N4Ru. The Balaban J connectivity index is 0.000000188. The van der Waals surface area contributed by atoms with Crippen molar-refractivity contribution in [1.29, 1.82) is 0 Å². The van der Waals surface area contributed by atoms with Gasteiger partial charge < -0.3 is 0 Å². The van der Waals surface area contributed by atoms with Crippen LogP contribution >= 0.6 is 19.4 Å². The number of nitrogens with zero attached hydrogens (tertiary/aromatic N) is 4. The number of fused-ring (bicyclic) bond motifs is 3. The minimum Gasteiger partial charge on any atom is -0.255 e. The minimum absolute atomic E-state index is 0.346. The van der Waals surface area contributed by atoms with Crippen molar-refractivity contribution in [2.45, 2.75) is 0 Å². The van der Waals surface area contributed by atoms with Crippen molar-refractivity contribution in [2.75, 3.05) is 0 Å². The smallest absolute Gasteiger partial charge is 0.0970 e. The quantitative estimate of drug-likeness (QED) is 0.140. The molecule has 0 bridgehead atoms. The molecule has 202 valence electrons. The molecule has 0 spiro atoms. The van der Waals surface area contributed by atoms with Gasteiger partial charge in [0.05, 0.1) is 22.4 Å². The van der Waals surface area contributed by atoms with Gasteiger partial charge in [-0.05, 0) is 58.7 Å². The third-order valence-corrected chi connectivity index (χ3v) is 6.38. The van der Waals surface area contributed by atoms with E-state index in [1.165, 1.54) is 22.3 Å². The second kappa shape index (κ2) is 14.6. The summed E-state index contributed by atoms with van der Waals surface area (Å²) >= 11 is -0.346. The predicted molar refractivity (Wildman–Crippen MR) is 167 cm³/mol. The summed E-state index contributed by atoms with van der Waals surface area (Å²) in [5, 5.41) is 2.26. The maximum Gasteiger partial charge on any atom is 0.0970 e. The zero-order valence-corrected chi connectivity index (χ0v) is 25.0. The van der Waals surface area contributed by atoms with Gasteiger partial charge in [-0.1, -0.05) is 84.9 Å². The molecule has 0 aliphatic rings. The molecule has 0 saturated carbocycles. The topological polar surface area (TPSA) is 51.6 Å². The van der Waals surface area contributed by atoms with E-state index in [4.69, 9.17) is 19.4 Å². The first kappa shape index (κ1) is 28.5. The van der Waals surface area contributed by atoms with Crippen LogP contribution in [0, 0.1) is 0 Å². The molecular weight excluding hydrogens is 636 g/mol. The maximum atomic E-state index is 4.85. The molecule has 0 atom stereocenters. The summed E-state index contributed by atoms with van der Waals surface area (Å²) in [6.45, 7) is 0. The van der Waals surface area contributed by atoms with Gasteiger partial charge in [-0.3, -0.25) is 19.9 Å². The molecule has 0 N–H and O–H groups in total. The van der Waals surface area contributed by atoms with Crippen LogP contribution in [0.1, 0.15) is 0 Å². The third kappa shape index (κ3) is 7.01. The van der Waals surface area contributed by atoms with Gasteiger partial charge in [-0.15, -0.1) is 0 Å². The van der Waals surface area contributed by atoms with E-state index < -0.39 is 0 Å². The number of benzene rings is 3. The Labute approximate surface area is 254 Å². The van der Waals surface area contributed by atoms with Crippen molar-refractivity contribution in [3.8, 4) is 33.6 Å². The van der Waals surface area contributed by atoms with Crippen LogP contribution in [0.3, 0.4) is 0 Å². The van der Waals surface area contributed by atoms with Gasteiger partial charge in [0.25, 0.3) is 0 Å². The zero-order chi connectivity index (χ0) is 28.3. The van der Waals surface area contributed by atoms with Gasteiger partial charge >= 0.3 is 34.5 Å². The molecule has 0 fully saturated rings. The van der Waals surface area contributed by atoms with Crippen LogP contribution in [0.4, 0.5) is 0 Å². The molecule has 41 heavy (non-hydrogen) atoms. The number of halogens is 2. The fourth-order valence-corrected chi connectivity index (χ4v) is 4.60. The average Bonchev–Trinajstić information content (AvgIpc) is 3.06. The Hall–Kier alpha value is -4.02. The first-order valence-electron chi connectivity index (χ1n) is 12.7. The molecule has 7 rings (SSSR count). The number of hydrogen-bond donors (Lipinski definition) is 0. The van der Waals surface area contributed by atoms with E-state index in [1.807, 2.05) is 60.9 Å². The van der Waals surface area contributed by atoms with Crippen molar-refractivity contribution in [3.63, 3.8) is 0 Å². The van der Waals surface area contributed by atoms with Gasteiger partial charge in [0.2, 0.25) is 0 Å². The summed E-state index contributed by atoms with van der Waals surface area (Å²) in [5.74, 6) is 0. The van der Waals surface area contributed by atoms with E-state index in [-0.39, 0.29) is 15.1 Å². The number of rotatable bonds is 3. The van der Waals surface area contributed by atoms with E-state index in [1.54, 1.807) is 12.4 Å². The first-order chi connectivity index (χ1) is 20.3. The SMILES string of the molecule is [Cl][Ru][Cl].c1ccc(-c2ccccn2)nc1.c1ccc(-c2ccnc3c2ccc2c(-c4ccccc4)ccnc23)cc1. The Morgan fingerprint density at radius 2 is 0.780 bits per heavy atom. The van der Waals surface area contributed by atoms with Crippen LogP contribution in [0.15, 0.2) is 146 Å². The van der Waals surface area contributed by atoms with Gasteiger partial charge in [0, 0.05) is 35.6 Å². The van der Waals surface area contributed by atoms with Gasteiger partial charge in [0.1, 0.15) is 0 Å². The monoisotopic (exact) mass is 660 g/mol. The molecule has 0 aliphatic heterocycles. The molecule has 0 amide bonds. The predicted octanol–water partition coefficient (Wildman–Crippen LogP) is 9.64. The van der Waals surface area contributed by atoms with Crippen LogP contribution in [0.2, 0.25) is 0 Å². The summed E-state index contributed by atoms with van der Waals surface area (Å²) < 4.78 is 0. The number of pyridine rings is 4. The van der Waals surface area contributed by atoms with Crippen LogP contribution in [0.5, 0.6) is 0 Å². The summed E-state index contributed by atoms with van der Waals surface area (Å²) in [4.78, 5) is 17.7. The van der Waals surface area contributed by atoms with E-state index in [2.05, 4.69) is 92.7 Å². The normalized spacial score (nSPS) is 10.4. The second-order valence-electron chi connectivity index (χ2n) is 8.79.